The highest BCUT2D eigenvalue weighted by Gasteiger charge is 2.03. The normalized spacial score (nSPS) is 13.2. The molecule has 0 aliphatic carbocycles. The third-order valence-electron chi connectivity index (χ3n) is 2.47. The Kier molecular flexibility index (Phi) is 5.74. The van der Waals surface area contributed by atoms with Crippen LogP contribution in [0.2, 0.25) is 0 Å². The highest BCUT2D eigenvalue weighted by Crippen LogP contribution is 1.99. The van der Waals surface area contributed by atoms with Gasteiger partial charge in [0, 0.05) is 0 Å². The Morgan fingerprint density at radius 1 is 1.33 bits per heavy atom. The number of quaternary nitrogens is 1. The highest BCUT2D eigenvalue weighted by molar-refractivity contribution is 5.48. The minimum Gasteiger partial charge on any atom is -0.390 e. The van der Waals surface area contributed by atoms with Gasteiger partial charge in [-0.25, -0.2) is 0 Å². The van der Waals surface area contributed by atoms with Gasteiger partial charge in [-0.2, -0.15) is 0 Å². The van der Waals surface area contributed by atoms with Gasteiger partial charge < -0.3 is 10.4 Å². The first kappa shape index (κ1) is 12.0. The van der Waals surface area contributed by atoms with Crippen LogP contribution >= 0.6 is 0 Å². The Bertz CT molecular complexity index is 278. The summed E-state index contributed by atoms with van der Waals surface area (Å²) in [7, 11) is 0. The summed E-state index contributed by atoms with van der Waals surface area (Å²) in [4.78, 5) is 0. The van der Waals surface area contributed by atoms with E-state index in [1.165, 1.54) is 5.56 Å². The number of benzene rings is 1. The third-order valence-corrected chi connectivity index (χ3v) is 2.47. The van der Waals surface area contributed by atoms with Crippen molar-refractivity contribution in [3.8, 4) is 0 Å². The van der Waals surface area contributed by atoms with Crippen molar-refractivity contribution < 1.29 is 10.4 Å². The largest absolute Gasteiger partial charge is 0.390 e. The van der Waals surface area contributed by atoms with Crippen molar-refractivity contribution in [2.75, 3.05) is 13.2 Å². The fourth-order valence-corrected chi connectivity index (χ4v) is 1.41. The van der Waals surface area contributed by atoms with Gasteiger partial charge in [-0.1, -0.05) is 43.3 Å². The molecular weight excluding hydrogens is 186 g/mol. The van der Waals surface area contributed by atoms with Gasteiger partial charge in [0.25, 0.3) is 0 Å². The standard InChI is InChI=1S/C13H19NO/c1-2-13(11-15)14-10-6-9-12-7-4-3-5-8-12/h3-9,13-15H,2,10-11H2,1H3/p+1/b9-6+/t13-/m1/s1. The van der Waals surface area contributed by atoms with Gasteiger partial charge in [-0.15, -0.1) is 0 Å². The fraction of sp³-hybridized carbons (Fsp3) is 0.385. The maximum Gasteiger partial charge on any atom is 0.109 e. The van der Waals surface area contributed by atoms with E-state index in [1.807, 2.05) is 18.2 Å². The minimum absolute atomic E-state index is 0.260. The second kappa shape index (κ2) is 7.21. The minimum atomic E-state index is 0.260. The van der Waals surface area contributed by atoms with Crippen LogP contribution in [-0.2, 0) is 0 Å². The predicted octanol–water partition coefficient (Wildman–Crippen LogP) is 1.03. The molecule has 1 aromatic rings. The molecule has 1 rings (SSSR count). The topological polar surface area (TPSA) is 36.8 Å². The molecule has 0 aliphatic heterocycles. The first-order valence-electron chi connectivity index (χ1n) is 5.52. The molecule has 2 heteroatoms. The lowest BCUT2D eigenvalue weighted by atomic mass is 10.2. The summed E-state index contributed by atoms with van der Waals surface area (Å²) < 4.78 is 0. The molecule has 0 heterocycles. The lowest BCUT2D eigenvalue weighted by Gasteiger charge is -2.07. The Morgan fingerprint density at radius 2 is 2.07 bits per heavy atom. The maximum atomic E-state index is 8.99. The summed E-state index contributed by atoms with van der Waals surface area (Å²) >= 11 is 0. The Labute approximate surface area is 91.6 Å². The fourth-order valence-electron chi connectivity index (χ4n) is 1.41. The van der Waals surface area contributed by atoms with E-state index in [-0.39, 0.29) is 6.61 Å². The smallest absolute Gasteiger partial charge is 0.109 e. The van der Waals surface area contributed by atoms with Crippen LogP contribution in [0.5, 0.6) is 0 Å². The number of aliphatic hydroxyl groups is 1. The lowest BCUT2D eigenvalue weighted by Crippen LogP contribution is -2.90. The Morgan fingerprint density at radius 3 is 2.67 bits per heavy atom. The van der Waals surface area contributed by atoms with Gasteiger partial charge in [-0.3, -0.25) is 0 Å². The SMILES string of the molecule is CC[C@H](CO)[NH2+]C/C=C/c1ccccc1. The first-order chi connectivity index (χ1) is 7.36. The molecule has 15 heavy (non-hydrogen) atoms. The maximum absolute atomic E-state index is 8.99. The number of hydrogen-bond acceptors (Lipinski definition) is 1. The molecule has 0 saturated heterocycles. The molecule has 0 spiro atoms. The third kappa shape index (κ3) is 4.77. The zero-order valence-electron chi connectivity index (χ0n) is 9.26. The van der Waals surface area contributed by atoms with Crippen LogP contribution in [0.25, 0.3) is 6.08 Å². The van der Waals surface area contributed by atoms with Gasteiger partial charge in [0.2, 0.25) is 0 Å². The van der Waals surface area contributed by atoms with Crippen LogP contribution in [0.4, 0.5) is 0 Å². The molecule has 3 N–H and O–H groups in total. The molecule has 0 unspecified atom stereocenters. The van der Waals surface area contributed by atoms with E-state index in [4.69, 9.17) is 5.11 Å². The second-order valence-electron chi connectivity index (χ2n) is 3.64. The average Bonchev–Trinajstić information content (AvgIpc) is 2.31. The van der Waals surface area contributed by atoms with Crippen LogP contribution in [0.1, 0.15) is 18.9 Å². The monoisotopic (exact) mass is 206 g/mol. The van der Waals surface area contributed by atoms with Crippen LogP contribution in [0.3, 0.4) is 0 Å². The van der Waals surface area contributed by atoms with Crippen molar-refractivity contribution in [2.45, 2.75) is 19.4 Å². The van der Waals surface area contributed by atoms with Crippen LogP contribution in [0, 0.1) is 0 Å². The van der Waals surface area contributed by atoms with Gasteiger partial charge in [-0.05, 0) is 18.1 Å². The van der Waals surface area contributed by atoms with E-state index < -0.39 is 0 Å². The van der Waals surface area contributed by atoms with Crippen molar-refractivity contribution in [1.82, 2.24) is 0 Å². The molecule has 82 valence electrons. The molecular formula is C13H20NO+. The molecule has 0 saturated carbocycles. The summed E-state index contributed by atoms with van der Waals surface area (Å²) in [5.41, 5.74) is 1.22. The zero-order valence-corrected chi connectivity index (χ0v) is 9.26. The predicted molar refractivity (Wildman–Crippen MR) is 63.4 cm³/mol. The van der Waals surface area contributed by atoms with E-state index in [0.29, 0.717) is 6.04 Å². The molecule has 0 bridgehead atoms. The molecule has 1 atom stereocenters. The molecule has 1 aromatic carbocycles. The van der Waals surface area contributed by atoms with E-state index >= 15 is 0 Å². The molecule has 0 amide bonds. The van der Waals surface area contributed by atoms with Crippen molar-refractivity contribution in [1.29, 1.82) is 0 Å². The summed E-state index contributed by atoms with van der Waals surface area (Å²) in [6.45, 7) is 3.28. The molecule has 0 radical (unpaired) electrons. The van der Waals surface area contributed by atoms with E-state index in [1.54, 1.807) is 0 Å². The summed E-state index contributed by atoms with van der Waals surface area (Å²) in [5, 5.41) is 11.2. The van der Waals surface area contributed by atoms with Crippen LogP contribution < -0.4 is 5.32 Å². The quantitative estimate of drug-likeness (QED) is 0.717. The first-order valence-corrected chi connectivity index (χ1v) is 5.52. The van der Waals surface area contributed by atoms with Gasteiger partial charge in [0.1, 0.15) is 6.04 Å². The summed E-state index contributed by atoms with van der Waals surface area (Å²) in [6.07, 6.45) is 5.25. The average molecular weight is 206 g/mol. The highest BCUT2D eigenvalue weighted by atomic mass is 16.3. The van der Waals surface area contributed by atoms with Crippen molar-refractivity contribution in [2.24, 2.45) is 0 Å². The summed E-state index contributed by atoms with van der Waals surface area (Å²) in [6, 6.07) is 10.6. The van der Waals surface area contributed by atoms with Gasteiger partial charge in [0.05, 0.1) is 13.2 Å². The van der Waals surface area contributed by atoms with Crippen LogP contribution in [-0.4, -0.2) is 24.3 Å². The second-order valence-corrected chi connectivity index (χ2v) is 3.64. The number of aliphatic hydroxyl groups excluding tert-OH is 1. The van der Waals surface area contributed by atoms with Crippen LogP contribution in [0.15, 0.2) is 36.4 Å². The van der Waals surface area contributed by atoms with Crippen molar-refractivity contribution in [3.05, 3.63) is 42.0 Å². The molecule has 0 aromatic heterocycles. The summed E-state index contributed by atoms with van der Waals surface area (Å²) in [5.74, 6) is 0. The van der Waals surface area contributed by atoms with Crippen molar-refractivity contribution in [3.63, 3.8) is 0 Å². The lowest BCUT2D eigenvalue weighted by molar-refractivity contribution is -0.683. The Balaban J connectivity index is 2.28. The molecule has 0 aliphatic rings. The van der Waals surface area contributed by atoms with E-state index in [2.05, 4.69) is 36.5 Å². The zero-order chi connectivity index (χ0) is 10.9. The van der Waals surface area contributed by atoms with E-state index in [0.717, 1.165) is 13.0 Å². The number of rotatable bonds is 6. The van der Waals surface area contributed by atoms with Crippen molar-refractivity contribution >= 4 is 6.08 Å². The Hall–Kier alpha value is -1.12. The van der Waals surface area contributed by atoms with Gasteiger partial charge in [0.15, 0.2) is 0 Å². The molecule has 2 nitrogen and oxygen atoms in total. The van der Waals surface area contributed by atoms with Gasteiger partial charge >= 0.3 is 0 Å². The number of hydrogen-bond donors (Lipinski definition) is 2. The number of nitrogens with two attached hydrogens (primary N) is 1. The van der Waals surface area contributed by atoms with E-state index in [9.17, 15) is 0 Å². The molecule has 0 fully saturated rings.